The second-order valence-electron chi connectivity index (χ2n) is 9.93. The van der Waals surface area contributed by atoms with Crippen molar-refractivity contribution in [1.82, 2.24) is 10.2 Å². The van der Waals surface area contributed by atoms with Gasteiger partial charge in [0.2, 0.25) is 21.8 Å². The molecule has 0 saturated heterocycles. The van der Waals surface area contributed by atoms with Crippen LogP contribution in [0.5, 0.6) is 0 Å². The Morgan fingerprint density at radius 2 is 1.61 bits per heavy atom. The summed E-state index contributed by atoms with van der Waals surface area (Å²) in [6, 6.07) is 11.4. The summed E-state index contributed by atoms with van der Waals surface area (Å²) < 4.78 is 26.3. The first-order valence-corrected chi connectivity index (χ1v) is 14.3. The molecule has 7 nitrogen and oxygen atoms in total. The molecule has 0 aliphatic heterocycles. The fourth-order valence-corrected chi connectivity index (χ4v) is 4.98. The Hall–Kier alpha value is -2.29. The molecule has 2 amide bonds. The molecule has 1 atom stereocenters. The fraction of sp³-hybridized carbons (Fsp3) is 0.462. The van der Waals surface area contributed by atoms with Crippen LogP contribution in [0.3, 0.4) is 0 Å². The third-order valence-corrected chi connectivity index (χ3v) is 7.19. The summed E-state index contributed by atoms with van der Waals surface area (Å²) >= 11 is 12.1. The number of benzene rings is 2. The Morgan fingerprint density at radius 3 is 2.17 bits per heavy atom. The van der Waals surface area contributed by atoms with E-state index < -0.39 is 21.6 Å². The van der Waals surface area contributed by atoms with Gasteiger partial charge in [0.25, 0.3) is 0 Å². The SMILES string of the molecule is Cc1ccc(Cl)cc1N(CCCC(=O)N(Cc1ccc(Cl)cc1)[C@H](C)C(=O)NC(C)(C)C)S(C)(=O)=O. The maximum atomic E-state index is 13.3. The molecule has 36 heavy (non-hydrogen) atoms. The molecule has 198 valence electrons. The van der Waals surface area contributed by atoms with Gasteiger partial charge in [0.1, 0.15) is 6.04 Å². The highest BCUT2D eigenvalue weighted by Crippen LogP contribution is 2.27. The maximum absolute atomic E-state index is 13.3. The van der Waals surface area contributed by atoms with Gasteiger partial charge in [-0.3, -0.25) is 13.9 Å². The van der Waals surface area contributed by atoms with Crippen LogP contribution < -0.4 is 9.62 Å². The zero-order valence-corrected chi connectivity index (χ0v) is 24.0. The van der Waals surface area contributed by atoms with Crippen LogP contribution in [0.25, 0.3) is 0 Å². The standard InChI is InChI=1S/C26H35Cl2N3O4S/c1-18-9-12-22(28)16-23(18)31(36(6,34)35)15-7-8-24(32)30(17-20-10-13-21(27)14-11-20)19(2)25(33)29-26(3,4)5/h9-14,16,19H,7-8,15,17H2,1-6H3,(H,29,33)/t19-/m1/s1. The molecule has 0 saturated carbocycles. The van der Waals surface area contributed by atoms with Crippen molar-refractivity contribution >= 4 is 50.7 Å². The molecule has 0 radical (unpaired) electrons. The van der Waals surface area contributed by atoms with Gasteiger partial charge in [0.15, 0.2) is 0 Å². The van der Waals surface area contributed by atoms with Gasteiger partial charge in [0.05, 0.1) is 11.9 Å². The van der Waals surface area contributed by atoms with Gasteiger partial charge >= 0.3 is 0 Å². The van der Waals surface area contributed by atoms with E-state index in [-0.39, 0.29) is 37.7 Å². The van der Waals surface area contributed by atoms with Gasteiger partial charge in [-0.15, -0.1) is 0 Å². The van der Waals surface area contributed by atoms with E-state index in [1.807, 2.05) is 32.9 Å². The number of nitrogens with one attached hydrogen (secondary N) is 1. The minimum Gasteiger partial charge on any atom is -0.350 e. The number of nitrogens with zero attached hydrogens (tertiary/aromatic N) is 2. The lowest BCUT2D eigenvalue weighted by Crippen LogP contribution is -2.52. The van der Waals surface area contributed by atoms with Gasteiger partial charge in [-0.05, 0) is 76.4 Å². The Labute approximate surface area is 224 Å². The van der Waals surface area contributed by atoms with Crippen LogP contribution in [0.1, 0.15) is 51.7 Å². The van der Waals surface area contributed by atoms with E-state index in [1.54, 1.807) is 44.2 Å². The first-order valence-electron chi connectivity index (χ1n) is 11.7. The van der Waals surface area contributed by atoms with Crippen LogP contribution in [0.4, 0.5) is 5.69 Å². The van der Waals surface area contributed by atoms with Crippen LogP contribution >= 0.6 is 23.2 Å². The van der Waals surface area contributed by atoms with Gasteiger partial charge in [0, 0.05) is 35.1 Å². The van der Waals surface area contributed by atoms with Crippen molar-refractivity contribution in [2.45, 2.75) is 65.6 Å². The van der Waals surface area contributed by atoms with E-state index in [0.29, 0.717) is 15.7 Å². The van der Waals surface area contributed by atoms with Crippen LogP contribution in [-0.4, -0.2) is 49.5 Å². The van der Waals surface area contributed by atoms with Crippen LogP contribution in [0, 0.1) is 6.92 Å². The Bertz CT molecular complexity index is 1180. The highest BCUT2D eigenvalue weighted by Gasteiger charge is 2.29. The van der Waals surface area contributed by atoms with E-state index in [4.69, 9.17) is 23.2 Å². The van der Waals surface area contributed by atoms with E-state index in [9.17, 15) is 18.0 Å². The van der Waals surface area contributed by atoms with Crippen LogP contribution in [0.15, 0.2) is 42.5 Å². The number of hydrogen-bond donors (Lipinski definition) is 1. The van der Waals surface area contributed by atoms with Gasteiger partial charge < -0.3 is 10.2 Å². The quantitative estimate of drug-likeness (QED) is 0.437. The van der Waals surface area contributed by atoms with Crippen molar-refractivity contribution in [2.24, 2.45) is 0 Å². The van der Waals surface area contributed by atoms with Crippen molar-refractivity contribution < 1.29 is 18.0 Å². The fourth-order valence-electron chi connectivity index (χ4n) is 3.68. The van der Waals surface area contributed by atoms with Crippen LogP contribution in [-0.2, 0) is 26.2 Å². The third kappa shape index (κ3) is 8.98. The molecule has 0 unspecified atom stereocenters. The zero-order valence-electron chi connectivity index (χ0n) is 21.6. The number of aryl methyl sites for hydroxylation is 1. The molecule has 0 aliphatic rings. The first kappa shape index (κ1) is 29.9. The molecule has 0 aliphatic carbocycles. The Balaban J connectivity index is 2.22. The summed E-state index contributed by atoms with van der Waals surface area (Å²) in [5, 5.41) is 3.92. The predicted molar refractivity (Wildman–Crippen MR) is 147 cm³/mol. The van der Waals surface area contributed by atoms with Crippen LogP contribution in [0.2, 0.25) is 10.0 Å². The minimum absolute atomic E-state index is 0.0619. The largest absolute Gasteiger partial charge is 0.350 e. The topological polar surface area (TPSA) is 86.8 Å². The number of sulfonamides is 1. The van der Waals surface area contributed by atoms with Crippen molar-refractivity contribution in [2.75, 3.05) is 17.1 Å². The maximum Gasteiger partial charge on any atom is 0.242 e. The molecule has 0 spiro atoms. The molecule has 0 bridgehead atoms. The second-order valence-corrected chi connectivity index (χ2v) is 12.7. The molecular weight excluding hydrogens is 521 g/mol. The molecular formula is C26H35Cl2N3O4S. The molecule has 10 heteroatoms. The van der Waals surface area contributed by atoms with Crippen molar-refractivity contribution in [1.29, 1.82) is 0 Å². The lowest BCUT2D eigenvalue weighted by Gasteiger charge is -2.32. The number of amides is 2. The summed E-state index contributed by atoms with van der Waals surface area (Å²) in [7, 11) is -3.60. The summed E-state index contributed by atoms with van der Waals surface area (Å²) in [6.45, 7) is 9.44. The average Bonchev–Trinajstić information content (AvgIpc) is 2.75. The average molecular weight is 557 g/mol. The Morgan fingerprint density at radius 1 is 1.03 bits per heavy atom. The number of halogens is 2. The molecule has 1 N–H and O–H groups in total. The molecule has 0 heterocycles. The zero-order chi connectivity index (χ0) is 27.3. The molecule has 2 aromatic carbocycles. The number of anilines is 1. The number of carbonyl (C=O) groups is 2. The van der Waals surface area contributed by atoms with E-state index in [1.165, 1.54) is 9.21 Å². The van der Waals surface area contributed by atoms with Gasteiger partial charge in [-0.1, -0.05) is 41.4 Å². The first-order chi connectivity index (χ1) is 16.6. The number of hydrogen-bond acceptors (Lipinski definition) is 4. The van der Waals surface area contributed by atoms with E-state index in [0.717, 1.165) is 17.4 Å². The van der Waals surface area contributed by atoms with Crippen molar-refractivity contribution in [3.63, 3.8) is 0 Å². The summed E-state index contributed by atoms with van der Waals surface area (Å²) in [5.41, 5.74) is 1.61. The molecule has 0 aromatic heterocycles. The lowest BCUT2D eigenvalue weighted by atomic mass is 10.1. The summed E-state index contributed by atoms with van der Waals surface area (Å²) in [4.78, 5) is 27.7. The predicted octanol–water partition coefficient (Wildman–Crippen LogP) is 5.18. The second kappa shape index (κ2) is 12.3. The highest BCUT2D eigenvalue weighted by atomic mass is 35.5. The van der Waals surface area contributed by atoms with Gasteiger partial charge in [-0.2, -0.15) is 0 Å². The Kier molecular flexibility index (Phi) is 10.2. The smallest absolute Gasteiger partial charge is 0.242 e. The molecule has 2 aromatic rings. The minimum atomic E-state index is -3.60. The third-order valence-electron chi connectivity index (χ3n) is 5.52. The van der Waals surface area contributed by atoms with Crippen molar-refractivity contribution in [3.05, 3.63) is 63.6 Å². The summed E-state index contributed by atoms with van der Waals surface area (Å²) in [5.74, 6) is -0.519. The lowest BCUT2D eigenvalue weighted by molar-refractivity contribution is -0.141. The monoisotopic (exact) mass is 555 g/mol. The molecule has 2 rings (SSSR count). The van der Waals surface area contributed by atoms with E-state index in [2.05, 4.69) is 5.32 Å². The summed E-state index contributed by atoms with van der Waals surface area (Å²) in [6.07, 6.45) is 1.45. The molecule has 0 fully saturated rings. The highest BCUT2D eigenvalue weighted by molar-refractivity contribution is 7.92. The normalized spacial score (nSPS) is 12.7. The van der Waals surface area contributed by atoms with Crippen molar-refractivity contribution in [3.8, 4) is 0 Å². The number of carbonyl (C=O) groups excluding carboxylic acids is 2. The van der Waals surface area contributed by atoms with E-state index >= 15 is 0 Å². The number of rotatable bonds is 10. The van der Waals surface area contributed by atoms with Gasteiger partial charge in [-0.25, -0.2) is 8.42 Å².